The van der Waals surface area contributed by atoms with Crippen molar-refractivity contribution in [3.05, 3.63) is 119 Å². The summed E-state index contributed by atoms with van der Waals surface area (Å²) in [7, 11) is 6.61. The molecular weight excluding hydrogens is 489 g/mol. The largest absolute Gasteiger partial charge is 0.310 e. The van der Waals surface area contributed by atoms with E-state index in [9.17, 15) is 0 Å². The molecule has 6 aromatic carbocycles. The SMILES string of the molecule is [B]c1cc2c3ccccc3c(Br)cc2c2cc(N(c3ccc(C)cc3)c3ccc(C)cc3)ccc12. The Morgan fingerprint density at radius 1 is 0.514 bits per heavy atom. The lowest BCUT2D eigenvalue weighted by molar-refractivity contribution is 1.27. The maximum atomic E-state index is 6.61. The summed E-state index contributed by atoms with van der Waals surface area (Å²) in [5, 5.41) is 6.96. The van der Waals surface area contributed by atoms with Crippen molar-refractivity contribution in [1.82, 2.24) is 0 Å². The normalized spacial score (nSPS) is 11.4. The Hall–Kier alpha value is -3.56. The van der Waals surface area contributed by atoms with E-state index in [0.717, 1.165) is 37.8 Å². The van der Waals surface area contributed by atoms with Crippen LogP contribution >= 0.6 is 15.9 Å². The summed E-state index contributed by atoms with van der Waals surface area (Å²) >= 11 is 3.81. The van der Waals surface area contributed by atoms with Crippen LogP contribution < -0.4 is 10.4 Å². The molecule has 0 unspecified atom stereocenters. The number of hydrogen-bond acceptors (Lipinski definition) is 1. The van der Waals surface area contributed by atoms with Crippen LogP contribution in [-0.4, -0.2) is 7.85 Å². The van der Waals surface area contributed by atoms with E-state index in [-0.39, 0.29) is 0 Å². The highest BCUT2D eigenvalue weighted by atomic mass is 79.9. The summed E-state index contributed by atoms with van der Waals surface area (Å²) in [4.78, 5) is 2.31. The monoisotopic (exact) mass is 511 g/mol. The summed E-state index contributed by atoms with van der Waals surface area (Å²) in [5.74, 6) is 0. The Bertz CT molecular complexity index is 1670. The molecule has 0 N–H and O–H groups in total. The predicted octanol–water partition coefficient (Wildman–Crippen LogP) is 8.79. The van der Waals surface area contributed by atoms with Crippen LogP contribution in [0.5, 0.6) is 0 Å². The van der Waals surface area contributed by atoms with Gasteiger partial charge in [0.2, 0.25) is 0 Å². The van der Waals surface area contributed by atoms with Crippen LogP contribution in [0.1, 0.15) is 11.1 Å². The van der Waals surface area contributed by atoms with Gasteiger partial charge in [-0.15, -0.1) is 0 Å². The molecule has 0 amide bonds. The third-order valence-electron chi connectivity index (χ3n) is 6.78. The van der Waals surface area contributed by atoms with Gasteiger partial charge in [0.05, 0.1) is 0 Å². The highest BCUT2D eigenvalue weighted by Crippen LogP contribution is 2.39. The van der Waals surface area contributed by atoms with Gasteiger partial charge < -0.3 is 4.90 Å². The zero-order chi connectivity index (χ0) is 24.1. The Kier molecular flexibility index (Phi) is 5.38. The summed E-state index contributed by atoms with van der Waals surface area (Å²) in [6.07, 6.45) is 0. The fraction of sp³-hybridized carbons (Fsp3) is 0.0625. The Balaban J connectivity index is 1.65. The van der Waals surface area contributed by atoms with Gasteiger partial charge in [0.25, 0.3) is 0 Å². The van der Waals surface area contributed by atoms with Gasteiger partial charge in [0.1, 0.15) is 7.85 Å². The maximum Gasteiger partial charge on any atom is 0.114 e. The lowest BCUT2D eigenvalue weighted by Gasteiger charge is -2.26. The van der Waals surface area contributed by atoms with E-state index in [1.54, 1.807) is 0 Å². The smallest absolute Gasteiger partial charge is 0.114 e. The molecule has 0 fully saturated rings. The molecule has 0 bridgehead atoms. The van der Waals surface area contributed by atoms with Crippen molar-refractivity contribution in [2.24, 2.45) is 0 Å². The Labute approximate surface area is 215 Å². The molecule has 0 spiro atoms. The number of halogens is 1. The predicted molar refractivity (Wildman–Crippen MR) is 156 cm³/mol. The van der Waals surface area contributed by atoms with Crippen molar-refractivity contribution in [1.29, 1.82) is 0 Å². The van der Waals surface area contributed by atoms with E-state index in [0.29, 0.717) is 0 Å². The van der Waals surface area contributed by atoms with Crippen LogP contribution in [0.15, 0.2) is 108 Å². The lowest BCUT2D eigenvalue weighted by Crippen LogP contribution is -2.11. The fourth-order valence-corrected chi connectivity index (χ4v) is 5.52. The molecule has 0 aliphatic carbocycles. The minimum atomic E-state index is 0.795. The van der Waals surface area contributed by atoms with E-state index in [1.165, 1.54) is 32.7 Å². The zero-order valence-corrected chi connectivity index (χ0v) is 21.3. The molecule has 0 aliphatic heterocycles. The average molecular weight is 512 g/mol. The molecule has 0 atom stereocenters. The van der Waals surface area contributed by atoms with Gasteiger partial charge in [-0.2, -0.15) is 0 Å². The molecule has 0 saturated carbocycles. The summed E-state index contributed by atoms with van der Waals surface area (Å²) in [6, 6.07) is 36.8. The quantitative estimate of drug-likeness (QED) is 0.169. The van der Waals surface area contributed by atoms with Crippen molar-refractivity contribution in [3.8, 4) is 0 Å². The first-order chi connectivity index (χ1) is 17.0. The molecule has 0 saturated heterocycles. The van der Waals surface area contributed by atoms with Crippen LogP contribution in [0, 0.1) is 13.8 Å². The molecule has 6 aromatic rings. The van der Waals surface area contributed by atoms with Crippen molar-refractivity contribution in [3.63, 3.8) is 0 Å². The van der Waals surface area contributed by atoms with Crippen molar-refractivity contribution in [2.45, 2.75) is 13.8 Å². The van der Waals surface area contributed by atoms with Crippen LogP contribution in [0.25, 0.3) is 32.3 Å². The Morgan fingerprint density at radius 3 is 1.66 bits per heavy atom. The van der Waals surface area contributed by atoms with Crippen molar-refractivity contribution < 1.29 is 0 Å². The second-order valence-corrected chi connectivity index (χ2v) is 10.1. The molecule has 166 valence electrons. The van der Waals surface area contributed by atoms with E-state index < -0.39 is 0 Å². The molecule has 3 heteroatoms. The van der Waals surface area contributed by atoms with Crippen molar-refractivity contribution in [2.75, 3.05) is 4.90 Å². The van der Waals surface area contributed by atoms with Gasteiger partial charge in [-0.25, -0.2) is 0 Å². The molecule has 35 heavy (non-hydrogen) atoms. The first-order valence-electron chi connectivity index (χ1n) is 11.8. The van der Waals surface area contributed by atoms with E-state index >= 15 is 0 Å². The zero-order valence-electron chi connectivity index (χ0n) is 19.7. The highest BCUT2D eigenvalue weighted by molar-refractivity contribution is 9.10. The van der Waals surface area contributed by atoms with Crippen molar-refractivity contribution >= 4 is 78.6 Å². The standard InChI is InChI=1S/C32H23BBrN/c1-20-7-11-22(12-8-20)35(23-13-9-21(2)10-14-23)24-15-16-26-28(17-24)30-19-32(34)27-6-4-3-5-25(27)29(30)18-31(26)33/h3-19H,1-2H3. The molecule has 0 aromatic heterocycles. The fourth-order valence-electron chi connectivity index (χ4n) is 4.95. The van der Waals surface area contributed by atoms with Crippen LogP contribution in [-0.2, 0) is 0 Å². The maximum absolute atomic E-state index is 6.61. The summed E-state index contributed by atoms with van der Waals surface area (Å²) in [6.45, 7) is 4.24. The molecule has 0 heterocycles. The number of fused-ring (bicyclic) bond motifs is 5. The first kappa shape index (κ1) is 21.9. The summed E-state index contributed by atoms with van der Waals surface area (Å²) < 4.78 is 1.09. The average Bonchev–Trinajstić information content (AvgIpc) is 2.87. The Morgan fingerprint density at radius 2 is 1.03 bits per heavy atom. The van der Waals surface area contributed by atoms with Gasteiger partial charge in [0, 0.05) is 21.5 Å². The number of nitrogens with zero attached hydrogens (tertiary/aromatic N) is 1. The molecule has 1 nitrogen and oxygen atoms in total. The van der Waals surface area contributed by atoms with E-state index in [2.05, 4.69) is 138 Å². The van der Waals surface area contributed by atoms with Gasteiger partial charge in [-0.1, -0.05) is 93.2 Å². The molecular formula is C32H23BBrN. The number of hydrogen-bond donors (Lipinski definition) is 0. The third-order valence-corrected chi connectivity index (χ3v) is 7.44. The summed E-state index contributed by atoms with van der Waals surface area (Å²) in [5.41, 5.74) is 6.63. The molecule has 0 aliphatic rings. The van der Waals surface area contributed by atoms with Crippen LogP contribution in [0.4, 0.5) is 17.1 Å². The minimum absolute atomic E-state index is 0.795. The molecule has 2 radical (unpaired) electrons. The van der Waals surface area contributed by atoms with E-state index in [1.807, 2.05) is 0 Å². The third kappa shape index (κ3) is 3.81. The lowest BCUT2D eigenvalue weighted by atomic mass is 9.85. The highest BCUT2D eigenvalue weighted by Gasteiger charge is 2.15. The van der Waals surface area contributed by atoms with Crippen LogP contribution in [0.2, 0.25) is 0 Å². The van der Waals surface area contributed by atoms with Gasteiger partial charge >= 0.3 is 0 Å². The number of aryl methyl sites for hydroxylation is 2. The second kappa shape index (κ2) is 8.59. The van der Waals surface area contributed by atoms with Gasteiger partial charge in [-0.05, 0) is 88.6 Å². The van der Waals surface area contributed by atoms with Gasteiger partial charge in [-0.3, -0.25) is 0 Å². The number of benzene rings is 6. The number of anilines is 3. The van der Waals surface area contributed by atoms with E-state index in [4.69, 9.17) is 7.85 Å². The minimum Gasteiger partial charge on any atom is -0.310 e. The topological polar surface area (TPSA) is 3.24 Å². The van der Waals surface area contributed by atoms with Gasteiger partial charge in [0.15, 0.2) is 0 Å². The second-order valence-electron chi connectivity index (χ2n) is 9.20. The number of rotatable bonds is 3. The molecule has 6 rings (SSSR count). The first-order valence-corrected chi connectivity index (χ1v) is 12.6. The van der Waals surface area contributed by atoms with Crippen LogP contribution in [0.3, 0.4) is 0 Å².